The quantitative estimate of drug-likeness (QED) is 0.891. The molecule has 2 rings (SSSR count). The Bertz CT molecular complexity index is 621. The van der Waals surface area contributed by atoms with Crippen molar-refractivity contribution < 1.29 is 9.53 Å². The van der Waals surface area contributed by atoms with Crippen LogP contribution in [0.1, 0.15) is 15.9 Å². The number of amides is 1. The van der Waals surface area contributed by atoms with Crippen LogP contribution in [-0.2, 0) is 6.42 Å². The molecule has 1 amide bonds. The van der Waals surface area contributed by atoms with Gasteiger partial charge < -0.3 is 15.0 Å². The molecule has 0 spiro atoms. The van der Waals surface area contributed by atoms with Gasteiger partial charge in [0.25, 0.3) is 5.91 Å². The van der Waals surface area contributed by atoms with E-state index in [1.807, 2.05) is 67.5 Å². The van der Waals surface area contributed by atoms with Crippen LogP contribution >= 0.6 is 0 Å². The maximum absolute atomic E-state index is 12.2. The minimum absolute atomic E-state index is 0.0442. The van der Waals surface area contributed by atoms with Crippen LogP contribution in [0.25, 0.3) is 0 Å². The third-order valence-electron chi connectivity index (χ3n) is 3.48. The fraction of sp³-hybridized carbons (Fsp3) is 0.278. The Kier molecular flexibility index (Phi) is 5.42. The highest BCUT2D eigenvalue weighted by Gasteiger charge is 2.06. The number of ether oxygens (including phenoxy) is 1. The fourth-order valence-corrected chi connectivity index (χ4v) is 2.14. The van der Waals surface area contributed by atoms with Crippen molar-refractivity contribution in [1.29, 1.82) is 0 Å². The van der Waals surface area contributed by atoms with Gasteiger partial charge in [-0.2, -0.15) is 0 Å². The molecule has 1 N–H and O–H groups in total. The zero-order chi connectivity index (χ0) is 15.9. The molecule has 0 bridgehead atoms. The number of carbonyl (C=O) groups is 1. The molecule has 0 radical (unpaired) electrons. The summed E-state index contributed by atoms with van der Waals surface area (Å²) in [4.78, 5) is 14.1. The Morgan fingerprint density at radius 1 is 1.14 bits per heavy atom. The summed E-state index contributed by atoms with van der Waals surface area (Å²) in [5.74, 6) is 0.797. The lowest BCUT2D eigenvalue weighted by Gasteiger charge is -2.13. The van der Waals surface area contributed by atoms with Gasteiger partial charge in [0.1, 0.15) is 5.75 Å². The molecule has 0 saturated heterocycles. The van der Waals surface area contributed by atoms with Gasteiger partial charge in [0, 0.05) is 31.9 Å². The number of benzene rings is 2. The molecule has 0 fully saturated rings. The van der Waals surface area contributed by atoms with E-state index in [1.54, 1.807) is 7.11 Å². The molecule has 0 saturated carbocycles. The molecule has 0 heterocycles. The average molecular weight is 298 g/mol. The van der Waals surface area contributed by atoms with E-state index in [0.717, 1.165) is 17.9 Å². The minimum Gasteiger partial charge on any atom is -0.497 e. The van der Waals surface area contributed by atoms with Gasteiger partial charge >= 0.3 is 0 Å². The normalized spacial score (nSPS) is 10.1. The molecule has 4 heteroatoms. The van der Waals surface area contributed by atoms with Crippen LogP contribution in [0, 0.1) is 0 Å². The molecule has 0 aliphatic heterocycles. The highest BCUT2D eigenvalue weighted by molar-refractivity contribution is 5.95. The number of methoxy groups -OCH3 is 1. The SMILES string of the molecule is COc1ccc(CCNC(=O)c2cccc(N(C)C)c2)cc1. The molecular formula is C18H22N2O2. The Morgan fingerprint density at radius 2 is 1.86 bits per heavy atom. The molecule has 2 aromatic rings. The predicted octanol–water partition coefficient (Wildman–Crippen LogP) is 2.73. The van der Waals surface area contributed by atoms with Crippen molar-refractivity contribution in [2.45, 2.75) is 6.42 Å². The third-order valence-corrected chi connectivity index (χ3v) is 3.48. The molecule has 0 atom stereocenters. The lowest BCUT2D eigenvalue weighted by molar-refractivity contribution is 0.0954. The summed E-state index contributed by atoms with van der Waals surface area (Å²) in [7, 11) is 5.57. The summed E-state index contributed by atoms with van der Waals surface area (Å²) >= 11 is 0. The summed E-state index contributed by atoms with van der Waals surface area (Å²) in [5, 5.41) is 2.95. The molecule has 116 valence electrons. The van der Waals surface area contributed by atoms with Crippen LogP contribution in [0.3, 0.4) is 0 Å². The van der Waals surface area contributed by atoms with Crippen molar-refractivity contribution in [2.75, 3.05) is 32.6 Å². The van der Waals surface area contributed by atoms with E-state index in [1.165, 1.54) is 5.56 Å². The molecule has 0 aromatic heterocycles. The molecule has 4 nitrogen and oxygen atoms in total. The van der Waals surface area contributed by atoms with Gasteiger partial charge in [0.05, 0.1) is 7.11 Å². The van der Waals surface area contributed by atoms with Gasteiger partial charge in [-0.25, -0.2) is 0 Å². The topological polar surface area (TPSA) is 41.6 Å². The Balaban J connectivity index is 1.88. The lowest BCUT2D eigenvalue weighted by Crippen LogP contribution is -2.25. The average Bonchev–Trinajstić information content (AvgIpc) is 2.55. The van der Waals surface area contributed by atoms with E-state index in [4.69, 9.17) is 4.74 Å². The molecule has 0 aliphatic rings. The smallest absolute Gasteiger partial charge is 0.251 e. The van der Waals surface area contributed by atoms with E-state index < -0.39 is 0 Å². The minimum atomic E-state index is -0.0442. The summed E-state index contributed by atoms with van der Waals surface area (Å²) in [6.07, 6.45) is 0.795. The van der Waals surface area contributed by atoms with Crippen LogP contribution in [0.5, 0.6) is 5.75 Å². The van der Waals surface area contributed by atoms with Crippen molar-refractivity contribution in [3.63, 3.8) is 0 Å². The van der Waals surface area contributed by atoms with E-state index >= 15 is 0 Å². The maximum Gasteiger partial charge on any atom is 0.251 e. The van der Waals surface area contributed by atoms with E-state index in [2.05, 4.69) is 5.32 Å². The Labute approximate surface area is 131 Å². The first kappa shape index (κ1) is 15.9. The van der Waals surface area contributed by atoms with Crippen LogP contribution < -0.4 is 15.0 Å². The first-order valence-electron chi connectivity index (χ1n) is 7.28. The van der Waals surface area contributed by atoms with Gasteiger partial charge in [-0.3, -0.25) is 4.79 Å². The Hall–Kier alpha value is -2.49. The zero-order valence-corrected chi connectivity index (χ0v) is 13.3. The number of hydrogen-bond donors (Lipinski definition) is 1. The van der Waals surface area contributed by atoms with Crippen molar-refractivity contribution in [3.8, 4) is 5.75 Å². The number of nitrogens with one attached hydrogen (secondary N) is 1. The lowest BCUT2D eigenvalue weighted by atomic mass is 10.1. The van der Waals surface area contributed by atoms with Gasteiger partial charge in [-0.1, -0.05) is 18.2 Å². The number of carbonyl (C=O) groups excluding carboxylic acids is 1. The van der Waals surface area contributed by atoms with Crippen LogP contribution in [-0.4, -0.2) is 33.7 Å². The van der Waals surface area contributed by atoms with Crippen molar-refractivity contribution >= 4 is 11.6 Å². The largest absolute Gasteiger partial charge is 0.497 e. The van der Waals surface area contributed by atoms with E-state index in [9.17, 15) is 4.79 Å². The second-order valence-electron chi connectivity index (χ2n) is 5.30. The zero-order valence-electron chi connectivity index (χ0n) is 13.3. The standard InChI is InChI=1S/C18H22N2O2/c1-20(2)16-6-4-5-15(13-16)18(21)19-12-11-14-7-9-17(22-3)10-8-14/h4-10,13H,11-12H2,1-3H3,(H,19,21). The number of anilines is 1. The third kappa shape index (κ3) is 4.25. The van der Waals surface area contributed by atoms with Crippen LogP contribution in [0.2, 0.25) is 0 Å². The predicted molar refractivity (Wildman–Crippen MR) is 89.8 cm³/mol. The highest BCUT2D eigenvalue weighted by Crippen LogP contribution is 2.14. The van der Waals surface area contributed by atoms with E-state index in [-0.39, 0.29) is 5.91 Å². The molecule has 22 heavy (non-hydrogen) atoms. The molecule has 0 aliphatic carbocycles. The van der Waals surface area contributed by atoms with Gasteiger partial charge in [-0.05, 0) is 42.3 Å². The molecular weight excluding hydrogens is 276 g/mol. The van der Waals surface area contributed by atoms with Crippen molar-refractivity contribution in [1.82, 2.24) is 5.32 Å². The maximum atomic E-state index is 12.2. The van der Waals surface area contributed by atoms with Crippen LogP contribution in [0.15, 0.2) is 48.5 Å². The van der Waals surface area contributed by atoms with Gasteiger partial charge in [0.15, 0.2) is 0 Å². The number of rotatable bonds is 6. The number of nitrogens with zero attached hydrogens (tertiary/aromatic N) is 1. The first-order valence-corrected chi connectivity index (χ1v) is 7.28. The Morgan fingerprint density at radius 3 is 2.50 bits per heavy atom. The second kappa shape index (κ2) is 7.50. The van der Waals surface area contributed by atoms with E-state index in [0.29, 0.717) is 12.1 Å². The molecule has 2 aromatic carbocycles. The van der Waals surface area contributed by atoms with Crippen LogP contribution in [0.4, 0.5) is 5.69 Å². The summed E-state index contributed by atoms with van der Waals surface area (Å²) in [5.41, 5.74) is 2.87. The first-order chi connectivity index (χ1) is 10.6. The molecule has 0 unspecified atom stereocenters. The second-order valence-corrected chi connectivity index (χ2v) is 5.30. The fourth-order valence-electron chi connectivity index (χ4n) is 2.14. The summed E-state index contributed by atoms with van der Waals surface area (Å²) < 4.78 is 5.13. The highest BCUT2D eigenvalue weighted by atomic mass is 16.5. The van der Waals surface area contributed by atoms with Crippen molar-refractivity contribution in [2.24, 2.45) is 0 Å². The summed E-state index contributed by atoms with van der Waals surface area (Å²) in [6.45, 7) is 0.608. The van der Waals surface area contributed by atoms with Crippen molar-refractivity contribution in [3.05, 3.63) is 59.7 Å². The van der Waals surface area contributed by atoms with Gasteiger partial charge in [-0.15, -0.1) is 0 Å². The number of hydrogen-bond acceptors (Lipinski definition) is 3. The van der Waals surface area contributed by atoms with Gasteiger partial charge in [0.2, 0.25) is 0 Å². The monoisotopic (exact) mass is 298 g/mol. The summed E-state index contributed by atoms with van der Waals surface area (Å²) in [6, 6.07) is 15.5.